The lowest BCUT2D eigenvalue weighted by atomic mass is 10.00. The van der Waals surface area contributed by atoms with E-state index in [9.17, 15) is 4.79 Å². The molecular weight excluding hydrogens is 431 g/mol. The van der Waals surface area contributed by atoms with Crippen LogP contribution in [-0.2, 0) is 4.74 Å². The van der Waals surface area contributed by atoms with Gasteiger partial charge in [-0.15, -0.1) is 24.0 Å². The van der Waals surface area contributed by atoms with Gasteiger partial charge in [0, 0.05) is 39.3 Å². The highest BCUT2D eigenvalue weighted by Crippen LogP contribution is 2.28. The summed E-state index contributed by atoms with van der Waals surface area (Å²) >= 11 is 0. The van der Waals surface area contributed by atoms with Gasteiger partial charge in [-0.05, 0) is 52.4 Å². The Morgan fingerprint density at radius 1 is 1.24 bits per heavy atom. The number of aliphatic imine (C=N–C) groups is 1. The maximum atomic E-state index is 12.4. The van der Waals surface area contributed by atoms with Crippen molar-refractivity contribution in [3.05, 3.63) is 0 Å². The Hall–Kier alpha value is -0.730. The first-order chi connectivity index (χ1) is 11.3. The Bertz CT molecular complexity index is 452. The highest BCUT2D eigenvalue weighted by Gasteiger charge is 2.35. The van der Waals surface area contributed by atoms with Crippen LogP contribution >= 0.6 is 24.0 Å². The normalized spacial score (nSPS) is 19.2. The standard InChI is InChI=1S/C18H34N4O2.HI/c1-14-8-11-21(12-9-14)16(19-5)20-10-13-22(15-6-7-15)17(23)24-18(2,3)4;/h14-15H,6-13H2,1-5H3,(H,19,20);1H. The number of piperidine rings is 1. The SMILES string of the molecule is CN=C(NCCN(C(=O)OC(C)(C)C)C1CC1)N1CCC(C)CC1.I. The predicted octanol–water partition coefficient (Wildman–Crippen LogP) is 3.31. The third-order valence-electron chi connectivity index (χ3n) is 4.55. The summed E-state index contributed by atoms with van der Waals surface area (Å²) in [6.45, 7) is 11.5. The van der Waals surface area contributed by atoms with Crippen molar-refractivity contribution in [2.75, 3.05) is 33.2 Å². The lowest BCUT2D eigenvalue weighted by molar-refractivity contribution is 0.0237. The predicted molar refractivity (Wildman–Crippen MR) is 113 cm³/mol. The maximum absolute atomic E-state index is 12.4. The molecule has 2 rings (SSSR count). The molecule has 2 aliphatic rings. The van der Waals surface area contributed by atoms with Gasteiger partial charge in [0.15, 0.2) is 5.96 Å². The van der Waals surface area contributed by atoms with Crippen LogP contribution in [0.3, 0.4) is 0 Å². The lowest BCUT2D eigenvalue weighted by Gasteiger charge is -2.33. The highest BCUT2D eigenvalue weighted by molar-refractivity contribution is 14.0. The van der Waals surface area contributed by atoms with Gasteiger partial charge in [0.25, 0.3) is 0 Å². The first-order valence-corrected chi connectivity index (χ1v) is 9.25. The van der Waals surface area contributed by atoms with Crippen molar-refractivity contribution >= 4 is 36.0 Å². The minimum absolute atomic E-state index is 0. The summed E-state index contributed by atoms with van der Waals surface area (Å²) in [5.41, 5.74) is -0.446. The van der Waals surface area contributed by atoms with Gasteiger partial charge in [-0.2, -0.15) is 0 Å². The highest BCUT2D eigenvalue weighted by atomic mass is 127. The number of carbonyl (C=O) groups is 1. The Balaban J connectivity index is 0.00000312. The summed E-state index contributed by atoms with van der Waals surface area (Å²) in [6.07, 6.45) is 4.39. The monoisotopic (exact) mass is 466 g/mol. The first kappa shape index (κ1) is 22.3. The molecule has 1 heterocycles. The maximum Gasteiger partial charge on any atom is 0.410 e. The van der Waals surface area contributed by atoms with Gasteiger partial charge in [0.05, 0.1) is 0 Å². The quantitative estimate of drug-likeness (QED) is 0.393. The van der Waals surface area contributed by atoms with E-state index < -0.39 is 5.60 Å². The van der Waals surface area contributed by atoms with E-state index in [-0.39, 0.29) is 30.1 Å². The molecule has 25 heavy (non-hydrogen) atoms. The average molecular weight is 466 g/mol. The number of amides is 1. The summed E-state index contributed by atoms with van der Waals surface area (Å²) in [5.74, 6) is 1.75. The Morgan fingerprint density at radius 2 is 1.84 bits per heavy atom. The molecule has 1 N–H and O–H groups in total. The summed E-state index contributed by atoms with van der Waals surface area (Å²) in [5, 5.41) is 3.41. The number of carbonyl (C=O) groups excluding carboxylic acids is 1. The molecule has 0 aromatic rings. The molecular formula is C18H35IN4O2. The van der Waals surface area contributed by atoms with Crippen LogP contribution in [0, 0.1) is 5.92 Å². The van der Waals surface area contributed by atoms with Gasteiger partial charge in [-0.3, -0.25) is 4.99 Å². The zero-order valence-electron chi connectivity index (χ0n) is 16.4. The van der Waals surface area contributed by atoms with Crippen LogP contribution < -0.4 is 5.32 Å². The van der Waals surface area contributed by atoms with Crippen molar-refractivity contribution in [1.29, 1.82) is 0 Å². The summed E-state index contributed by atoms with van der Waals surface area (Å²) in [4.78, 5) is 20.9. The van der Waals surface area contributed by atoms with Crippen LogP contribution in [0.5, 0.6) is 0 Å². The molecule has 1 saturated heterocycles. The number of nitrogens with one attached hydrogen (secondary N) is 1. The van der Waals surface area contributed by atoms with Gasteiger partial charge >= 0.3 is 6.09 Å². The third kappa shape index (κ3) is 7.58. The van der Waals surface area contributed by atoms with Crippen LogP contribution in [0.25, 0.3) is 0 Å². The van der Waals surface area contributed by atoms with Crippen molar-refractivity contribution in [1.82, 2.24) is 15.1 Å². The van der Waals surface area contributed by atoms with Crippen molar-refractivity contribution in [3.8, 4) is 0 Å². The van der Waals surface area contributed by atoms with Gasteiger partial charge in [-0.1, -0.05) is 6.92 Å². The second-order valence-electron chi connectivity index (χ2n) is 8.05. The summed E-state index contributed by atoms with van der Waals surface area (Å²) in [7, 11) is 1.83. The zero-order chi connectivity index (χ0) is 17.7. The van der Waals surface area contributed by atoms with Crippen LogP contribution in [0.1, 0.15) is 53.4 Å². The van der Waals surface area contributed by atoms with Gasteiger partial charge in [0.1, 0.15) is 5.60 Å². The molecule has 0 bridgehead atoms. The van der Waals surface area contributed by atoms with E-state index in [0.717, 1.165) is 37.8 Å². The molecule has 1 aliphatic heterocycles. The van der Waals surface area contributed by atoms with Gasteiger partial charge in [-0.25, -0.2) is 4.79 Å². The van der Waals surface area contributed by atoms with Crippen LogP contribution in [0.15, 0.2) is 4.99 Å². The van der Waals surface area contributed by atoms with E-state index in [0.29, 0.717) is 19.1 Å². The van der Waals surface area contributed by atoms with E-state index in [1.165, 1.54) is 12.8 Å². The largest absolute Gasteiger partial charge is 0.444 e. The van der Waals surface area contributed by atoms with E-state index in [4.69, 9.17) is 4.74 Å². The molecule has 1 amide bonds. The van der Waals surface area contributed by atoms with Gasteiger partial charge < -0.3 is 19.9 Å². The molecule has 6 nitrogen and oxygen atoms in total. The fraction of sp³-hybridized carbons (Fsp3) is 0.889. The molecule has 2 fully saturated rings. The molecule has 0 spiro atoms. The Kier molecular flexibility index (Phi) is 8.77. The molecule has 0 aromatic carbocycles. The number of hydrogen-bond donors (Lipinski definition) is 1. The van der Waals surface area contributed by atoms with Gasteiger partial charge in [0.2, 0.25) is 0 Å². The number of hydrogen-bond acceptors (Lipinski definition) is 3. The smallest absolute Gasteiger partial charge is 0.410 e. The van der Waals surface area contributed by atoms with E-state index >= 15 is 0 Å². The number of nitrogens with zero attached hydrogens (tertiary/aromatic N) is 3. The van der Waals surface area contributed by atoms with E-state index in [1.54, 1.807) is 0 Å². The number of guanidine groups is 1. The van der Waals surface area contributed by atoms with Crippen LogP contribution in [0.4, 0.5) is 4.79 Å². The van der Waals surface area contributed by atoms with Crippen molar-refractivity contribution < 1.29 is 9.53 Å². The average Bonchev–Trinajstić information content (AvgIpc) is 3.31. The van der Waals surface area contributed by atoms with Crippen molar-refractivity contribution in [2.45, 2.75) is 65.0 Å². The number of likely N-dealkylation sites (tertiary alicyclic amines) is 1. The second-order valence-corrected chi connectivity index (χ2v) is 8.05. The Morgan fingerprint density at radius 3 is 2.32 bits per heavy atom. The number of halogens is 1. The van der Waals surface area contributed by atoms with Crippen molar-refractivity contribution in [3.63, 3.8) is 0 Å². The van der Waals surface area contributed by atoms with E-state index in [2.05, 4.69) is 22.1 Å². The van der Waals surface area contributed by atoms with Crippen LogP contribution in [-0.4, -0.2) is 66.7 Å². The lowest BCUT2D eigenvalue weighted by Crippen LogP contribution is -2.48. The third-order valence-corrected chi connectivity index (χ3v) is 4.55. The first-order valence-electron chi connectivity index (χ1n) is 9.25. The van der Waals surface area contributed by atoms with Crippen molar-refractivity contribution in [2.24, 2.45) is 10.9 Å². The van der Waals surface area contributed by atoms with E-state index in [1.807, 2.05) is 32.7 Å². The molecule has 0 unspecified atom stereocenters. The molecule has 1 saturated carbocycles. The molecule has 1 aliphatic carbocycles. The topological polar surface area (TPSA) is 57.2 Å². The fourth-order valence-electron chi connectivity index (χ4n) is 2.97. The summed E-state index contributed by atoms with van der Waals surface area (Å²) in [6, 6.07) is 0.347. The zero-order valence-corrected chi connectivity index (χ0v) is 18.7. The minimum Gasteiger partial charge on any atom is -0.444 e. The molecule has 0 radical (unpaired) electrons. The number of ether oxygens (including phenoxy) is 1. The minimum atomic E-state index is -0.446. The Labute approximate surface area is 169 Å². The molecule has 0 aromatic heterocycles. The second kappa shape index (κ2) is 9.83. The van der Waals surface area contributed by atoms with Crippen LogP contribution in [0.2, 0.25) is 0 Å². The number of rotatable bonds is 4. The molecule has 146 valence electrons. The molecule has 7 heteroatoms. The fourth-order valence-corrected chi connectivity index (χ4v) is 2.97. The summed E-state index contributed by atoms with van der Waals surface area (Å²) < 4.78 is 5.53. The molecule has 0 atom stereocenters.